The number of benzene rings is 1. The Morgan fingerprint density at radius 2 is 2.04 bits per heavy atom. The van der Waals surface area contributed by atoms with Gasteiger partial charge in [0, 0.05) is 18.7 Å². The molecule has 0 bridgehead atoms. The van der Waals surface area contributed by atoms with Crippen molar-refractivity contribution in [1.82, 2.24) is 19.9 Å². The molecule has 7 heteroatoms. The molecule has 4 rings (SSSR count). The average Bonchev–Trinajstić information content (AvgIpc) is 3.10. The Morgan fingerprint density at radius 3 is 2.87 bits per heavy atom. The molecule has 0 spiro atoms. The maximum atomic E-state index is 12.5. The SMILES string of the molecule is O=C(C(=O)N1CC[C@H]2OCc3cnnn3[C@H]2C1)c1ccccc1. The van der Waals surface area contributed by atoms with Crippen molar-refractivity contribution in [2.75, 3.05) is 13.1 Å². The normalized spacial score (nSPS) is 23.0. The van der Waals surface area contributed by atoms with Gasteiger partial charge in [-0.1, -0.05) is 35.5 Å². The molecule has 118 valence electrons. The first kappa shape index (κ1) is 14.1. The molecule has 3 heterocycles. The fraction of sp³-hybridized carbons (Fsp3) is 0.375. The molecule has 0 N–H and O–H groups in total. The van der Waals surface area contributed by atoms with E-state index in [9.17, 15) is 9.59 Å². The lowest BCUT2D eigenvalue weighted by Gasteiger charge is -2.40. The van der Waals surface area contributed by atoms with E-state index in [1.807, 2.05) is 10.7 Å². The van der Waals surface area contributed by atoms with Crippen molar-refractivity contribution < 1.29 is 14.3 Å². The lowest BCUT2D eigenvalue weighted by atomic mass is 9.99. The summed E-state index contributed by atoms with van der Waals surface area (Å²) in [6.07, 6.45) is 2.38. The molecular weight excluding hydrogens is 296 g/mol. The van der Waals surface area contributed by atoms with Gasteiger partial charge in [-0.25, -0.2) is 4.68 Å². The van der Waals surface area contributed by atoms with Gasteiger partial charge >= 0.3 is 0 Å². The number of carbonyl (C=O) groups excluding carboxylic acids is 2. The predicted molar refractivity (Wildman–Crippen MR) is 79.6 cm³/mol. The number of nitrogens with zero attached hydrogens (tertiary/aromatic N) is 4. The number of aromatic nitrogens is 3. The first-order valence-corrected chi connectivity index (χ1v) is 7.63. The van der Waals surface area contributed by atoms with Crippen molar-refractivity contribution >= 4 is 11.7 Å². The molecule has 2 aliphatic rings. The summed E-state index contributed by atoms with van der Waals surface area (Å²) < 4.78 is 7.64. The second-order valence-corrected chi connectivity index (χ2v) is 5.82. The van der Waals surface area contributed by atoms with Gasteiger partial charge in [0.25, 0.3) is 5.91 Å². The summed E-state index contributed by atoms with van der Waals surface area (Å²) >= 11 is 0. The largest absolute Gasteiger partial charge is 0.370 e. The van der Waals surface area contributed by atoms with Crippen LogP contribution >= 0.6 is 0 Å². The van der Waals surface area contributed by atoms with Gasteiger partial charge in [0.15, 0.2) is 0 Å². The fourth-order valence-electron chi connectivity index (χ4n) is 3.22. The van der Waals surface area contributed by atoms with Crippen molar-refractivity contribution in [1.29, 1.82) is 0 Å². The van der Waals surface area contributed by atoms with Gasteiger partial charge in [0.2, 0.25) is 5.78 Å². The number of piperidine rings is 1. The zero-order chi connectivity index (χ0) is 15.8. The number of fused-ring (bicyclic) bond motifs is 3. The second kappa shape index (κ2) is 5.58. The number of Topliss-reactive ketones (excluding diaryl/α,β-unsaturated/α-hetero) is 1. The number of hydrogen-bond acceptors (Lipinski definition) is 5. The van der Waals surface area contributed by atoms with Crippen LogP contribution in [-0.2, 0) is 16.1 Å². The van der Waals surface area contributed by atoms with Crippen molar-refractivity contribution in [2.24, 2.45) is 0 Å². The van der Waals surface area contributed by atoms with E-state index in [1.54, 1.807) is 35.4 Å². The topological polar surface area (TPSA) is 77.3 Å². The molecular formula is C16H16N4O3. The molecule has 1 fully saturated rings. The van der Waals surface area contributed by atoms with Crippen LogP contribution in [0.15, 0.2) is 36.5 Å². The summed E-state index contributed by atoms with van der Waals surface area (Å²) in [5.74, 6) is -0.943. The quantitative estimate of drug-likeness (QED) is 0.606. The van der Waals surface area contributed by atoms with Crippen LogP contribution in [0.1, 0.15) is 28.5 Å². The van der Waals surface area contributed by atoms with Gasteiger partial charge in [-0.2, -0.15) is 0 Å². The highest BCUT2D eigenvalue weighted by molar-refractivity contribution is 6.42. The van der Waals surface area contributed by atoms with E-state index < -0.39 is 11.7 Å². The van der Waals surface area contributed by atoms with Gasteiger partial charge in [-0.05, 0) is 6.42 Å². The van der Waals surface area contributed by atoms with Crippen LogP contribution in [0.4, 0.5) is 0 Å². The van der Waals surface area contributed by atoms with Crippen molar-refractivity contribution in [3.05, 3.63) is 47.8 Å². The van der Waals surface area contributed by atoms with Gasteiger partial charge in [-0.15, -0.1) is 5.10 Å². The fourth-order valence-corrected chi connectivity index (χ4v) is 3.22. The minimum absolute atomic E-state index is 0.0140. The van der Waals surface area contributed by atoms with Gasteiger partial charge in [0.05, 0.1) is 30.6 Å². The Kier molecular flexibility index (Phi) is 3.42. The molecule has 7 nitrogen and oxygen atoms in total. The lowest BCUT2D eigenvalue weighted by molar-refractivity contribution is -0.133. The highest BCUT2D eigenvalue weighted by Crippen LogP contribution is 2.30. The third kappa shape index (κ3) is 2.43. The van der Waals surface area contributed by atoms with E-state index >= 15 is 0 Å². The number of hydrogen-bond donors (Lipinski definition) is 0. The van der Waals surface area contributed by atoms with E-state index in [1.165, 1.54) is 0 Å². The van der Waals surface area contributed by atoms with Crippen LogP contribution in [0.25, 0.3) is 0 Å². The number of carbonyl (C=O) groups is 2. The minimum atomic E-state index is -0.473. The lowest BCUT2D eigenvalue weighted by Crippen LogP contribution is -2.51. The first-order chi connectivity index (χ1) is 11.2. The Balaban J connectivity index is 1.54. The standard InChI is InChI=1S/C16H16N4O3/c21-15(11-4-2-1-3-5-11)16(22)19-7-6-14-13(9-19)20-12(10-23-14)8-17-18-20/h1-5,8,13-14H,6-7,9-10H2/t13-,14+/m0/s1. The summed E-state index contributed by atoms with van der Waals surface area (Å²) in [4.78, 5) is 26.4. The number of rotatable bonds is 2. The monoisotopic (exact) mass is 312 g/mol. The van der Waals surface area contributed by atoms with E-state index in [0.717, 1.165) is 5.69 Å². The van der Waals surface area contributed by atoms with E-state index in [-0.39, 0.29) is 12.1 Å². The van der Waals surface area contributed by atoms with E-state index in [4.69, 9.17) is 4.74 Å². The Morgan fingerprint density at radius 1 is 1.22 bits per heavy atom. The van der Waals surface area contributed by atoms with Crippen LogP contribution in [0.2, 0.25) is 0 Å². The zero-order valence-electron chi connectivity index (χ0n) is 12.5. The highest BCUT2D eigenvalue weighted by atomic mass is 16.5. The average molecular weight is 312 g/mol. The maximum absolute atomic E-state index is 12.5. The Labute approximate surface area is 132 Å². The third-order valence-electron chi connectivity index (χ3n) is 4.45. The van der Waals surface area contributed by atoms with Crippen LogP contribution in [0.3, 0.4) is 0 Å². The molecule has 23 heavy (non-hydrogen) atoms. The Hall–Kier alpha value is -2.54. The van der Waals surface area contributed by atoms with Crippen LogP contribution in [0.5, 0.6) is 0 Å². The van der Waals surface area contributed by atoms with Gasteiger partial charge in [0.1, 0.15) is 0 Å². The smallest absolute Gasteiger partial charge is 0.295 e. The second-order valence-electron chi connectivity index (χ2n) is 5.82. The summed E-state index contributed by atoms with van der Waals surface area (Å²) in [6, 6.07) is 8.56. The Bertz CT molecular complexity index is 743. The van der Waals surface area contributed by atoms with Crippen molar-refractivity contribution in [3.8, 4) is 0 Å². The predicted octanol–water partition coefficient (Wildman–Crippen LogP) is 0.833. The number of amides is 1. The first-order valence-electron chi connectivity index (χ1n) is 7.63. The third-order valence-corrected chi connectivity index (χ3v) is 4.45. The van der Waals surface area contributed by atoms with Crippen LogP contribution in [-0.4, -0.2) is 50.8 Å². The highest BCUT2D eigenvalue weighted by Gasteiger charge is 2.39. The maximum Gasteiger partial charge on any atom is 0.295 e. The molecule has 0 saturated carbocycles. The molecule has 0 aliphatic carbocycles. The molecule has 1 amide bonds. The molecule has 1 aromatic carbocycles. The molecule has 0 radical (unpaired) electrons. The number of ketones is 1. The summed E-state index contributed by atoms with van der Waals surface area (Å²) in [5, 5.41) is 8.01. The summed E-state index contributed by atoms with van der Waals surface area (Å²) in [5.41, 5.74) is 1.32. The molecule has 2 atom stereocenters. The minimum Gasteiger partial charge on any atom is -0.370 e. The van der Waals surface area contributed by atoms with Crippen molar-refractivity contribution in [2.45, 2.75) is 25.2 Å². The number of ether oxygens (including phenoxy) is 1. The molecule has 2 aromatic rings. The summed E-state index contributed by atoms with van der Waals surface area (Å²) in [6.45, 7) is 1.42. The summed E-state index contributed by atoms with van der Waals surface area (Å²) in [7, 11) is 0. The van der Waals surface area contributed by atoms with Crippen LogP contribution < -0.4 is 0 Å². The molecule has 0 unspecified atom stereocenters. The van der Waals surface area contributed by atoms with Gasteiger partial charge < -0.3 is 9.64 Å². The van der Waals surface area contributed by atoms with E-state index in [2.05, 4.69) is 10.3 Å². The molecule has 1 saturated heterocycles. The van der Waals surface area contributed by atoms with E-state index in [0.29, 0.717) is 31.7 Å². The van der Waals surface area contributed by atoms with Crippen molar-refractivity contribution in [3.63, 3.8) is 0 Å². The number of likely N-dealkylation sites (tertiary alicyclic amines) is 1. The molecule has 2 aliphatic heterocycles. The zero-order valence-corrected chi connectivity index (χ0v) is 12.5. The van der Waals surface area contributed by atoms with Crippen LogP contribution in [0, 0.1) is 0 Å². The molecule has 1 aromatic heterocycles. The van der Waals surface area contributed by atoms with Gasteiger partial charge in [-0.3, -0.25) is 9.59 Å².